The van der Waals surface area contributed by atoms with E-state index in [1.165, 1.54) is 5.56 Å². The molecule has 1 atom stereocenters. The smallest absolute Gasteiger partial charge is 0.259 e. The van der Waals surface area contributed by atoms with Gasteiger partial charge in [-0.3, -0.25) is 14.5 Å². The molecule has 8 rings (SSSR count). The maximum Gasteiger partial charge on any atom is 0.259 e. The van der Waals surface area contributed by atoms with Gasteiger partial charge in [0, 0.05) is 81.9 Å². The SMILES string of the molecule is Cc1c(C(=O)N(C)c2cnc3c(ccn3C)c2)cc(-c2cc3c(cc2C(=O)N2Cc4ccccc4C[C@H]2CN2CCOCC2)OCO3)n1C.Cl. The van der Waals surface area contributed by atoms with Crippen molar-refractivity contribution in [2.24, 2.45) is 14.1 Å². The lowest BCUT2D eigenvalue weighted by molar-refractivity contribution is 0.0193. The fourth-order valence-electron chi connectivity index (χ4n) is 7.35. The van der Waals surface area contributed by atoms with Gasteiger partial charge in [0.1, 0.15) is 5.65 Å². The number of rotatable bonds is 6. The number of halogens is 1. The van der Waals surface area contributed by atoms with Crippen LogP contribution >= 0.6 is 12.4 Å². The minimum absolute atomic E-state index is 0. The maximum absolute atomic E-state index is 14.9. The molecule has 5 aromatic rings. The molecule has 0 radical (unpaired) electrons. The van der Waals surface area contributed by atoms with Crippen molar-refractivity contribution in [3.05, 3.63) is 94.9 Å². The van der Waals surface area contributed by atoms with Crippen LogP contribution in [0.2, 0.25) is 0 Å². The Bertz CT molecular complexity index is 2100. The number of amides is 2. The van der Waals surface area contributed by atoms with E-state index in [1.54, 1.807) is 18.1 Å². The number of aromatic nitrogens is 3. The van der Waals surface area contributed by atoms with Crippen molar-refractivity contribution in [1.82, 2.24) is 23.9 Å². The third-order valence-electron chi connectivity index (χ3n) is 10.4. The topological polar surface area (TPSA) is 94.3 Å². The van der Waals surface area contributed by atoms with E-state index >= 15 is 0 Å². The second-order valence-electron chi connectivity index (χ2n) is 13.2. The summed E-state index contributed by atoms with van der Waals surface area (Å²) in [4.78, 5) is 39.6. The van der Waals surface area contributed by atoms with Crippen LogP contribution in [0.25, 0.3) is 22.3 Å². The number of morpholine rings is 1. The molecule has 11 nitrogen and oxygen atoms in total. The molecule has 1 fully saturated rings. The molecule has 3 aliphatic heterocycles. The molecule has 3 aliphatic rings. The highest BCUT2D eigenvalue weighted by Gasteiger charge is 2.35. The van der Waals surface area contributed by atoms with E-state index in [0.717, 1.165) is 54.0 Å². The van der Waals surface area contributed by atoms with E-state index in [2.05, 4.69) is 28.1 Å². The Morgan fingerprint density at radius 2 is 1.70 bits per heavy atom. The molecule has 12 heteroatoms. The monoisotopic (exact) mass is 696 g/mol. The Labute approximate surface area is 297 Å². The Morgan fingerprint density at radius 1 is 0.960 bits per heavy atom. The molecule has 0 spiro atoms. The lowest BCUT2D eigenvalue weighted by atomic mass is 9.92. The van der Waals surface area contributed by atoms with Crippen molar-refractivity contribution in [2.45, 2.75) is 25.9 Å². The van der Waals surface area contributed by atoms with Crippen LogP contribution in [0.15, 0.2) is 67.0 Å². The fourth-order valence-corrected chi connectivity index (χ4v) is 7.35. The van der Waals surface area contributed by atoms with Crippen molar-refractivity contribution in [3.63, 3.8) is 0 Å². The minimum atomic E-state index is -0.164. The van der Waals surface area contributed by atoms with Crippen LogP contribution in [-0.2, 0) is 31.8 Å². The van der Waals surface area contributed by atoms with Gasteiger partial charge in [0.2, 0.25) is 6.79 Å². The average molecular weight is 697 g/mol. The molecule has 0 bridgehead atoms. The summed E-state index contributed by atoms with van der Waals surface area (Å²) < 4.78 is 21.1. The number of hydrogen-bond donors (Lipinski definition) is 0. The third kappa shape index (κ3) is 5.89. The summed E-state index contributed by atoms with van der Waals surface area (Å²) in [7, 11) is 5.64. The predicted molar refractivity (Wildman–Crippen MR) is 193 cm³/mol. The van der Waals surface area contributed by atoms with Crippen LogP contribution in [0.3, 0.4) is 0 Å². The van der Waals surface area contributed by atoms with Gasteiger partial charge in [-0.25, -0.2) is 4.98 Å². The van der Waals surface area contributed by atoms with Crippen LogP contribution < -0.4 is 14.4 Å². The van der Waals surface area contributed by atoms with Crippen molar-refractivity contribution < 1.29 is 23.8 Å². The molecule has 260 valence electrons. The highest BCUT2D eigenvalue weighted by molar-refractivity contribution is 6.09. The molecule has 50 heavy (non-hydrogen) atoms. The molecule has 0 unspecified atom stereocenters. The zero-order valence-corrected chi connectivity index (χ0v) is 29.5. The van der Waals surface area contributed by atoms with Gasteiger partial charge in [-0.2, -0.15) is 0 Å². The molecular formula is C38H41ClN6O5. The van der Waals surface area contributed by atoms with E-state index in [-0.39, 0.29) is 37.1 Å². The van der Waals surface area contributed by atoms with Gasteiger partial charge >= 0.3 is 0 Å². The molecule has 0 aliphatic carbocycles. The van der Waals surface area contributed by atoms with Crippen molar-refractivity contribution >= 4 is 40.9 Å². The fraction of sp³-hybridized carbons (Fsp3) is 0.342. The maximum atomic E-state index is 14.9. The first-order valence-corrected chi connectivity index (χ1v) is 16.7. The summed E-state index contributed by atoms with van der Waals surface area (Å²) in [5.74, 6) is 0.877. The van der Waals surface area contributed by atoms with Crippen molar-refractivity contribution in [3.8, 4) is 22.8 Å². The van der Waals surface area contributed by atoms with Gasteiger partial charge in [-0.15, -0.1) is 12.4 Å². The van der Waals surface area contributed by atoms with Crippen LogP contribution in [0.4, 0.5) is 5.69 Å². The number of nitrogens with zero attached hydrogens (tertiary/aromatic N) is 6. The summed E-state index contributed by atoms with van der Waals surface area (Å²) in [6.07, 6.45) is 4.45. The van der Waals surface area contributed by atoms with Gasteiger partial charge in [0.15, 0.2) is 11.5 Å². The highest BCUT2D eigenvalue weighted by Crippen LogP contribution is 2.41. The van der Waals surface area contributed by atoms with Gasteiger partial charge in [-0.05, 0) is 54.8 Å². The number of ether oxygens (including phenoxy) is 3. The van der Waals surface area contributed by atoms with Crippen molar-refractivity contribution in [2.75, 3.05) is 51.6 Å². The first kappa shape index (κ1) is 33.6. The summed E-state index contributed by atoms with van der Waals surface area (Å²) in [5.41, 5.74) is 7.27. The van der Waals surface area contributed by atoms with Crippen LogP contribution in [0.5, 0.6) is 11.5 Å². The number of carbonyl (C=O) groups excluding carboxylic acids is 2. The van der Waals surface area contributed by atoms with Gasteiger partial charge in [0.25, 0.3) is 11.8 Å². The lowest BCUT2D eigenvalue weighted by Gasteiger charge is -2.40. The number of fused-ring (bicyclic) bond motifs is 3. The number of aryl methyl sites for hydroxylation is 1. The first-order valence-electron chi connectivity index (χ1n) is 16.7. The Balaban J connectivity index is 0.00000392. The third-order valence-corrected chi connectivity index (χ3v) is 10.4. The standard InChI is InChI=1S/C38H40N6O5.ClH/c1-24-30(37(45)42(4)28-16-26-9-10-40(2)36(26)39-20-28)17-33(41(24)3)31-18-34-35(49-23-48-34)19-32(31)38(46)44-21-27-8-6-5-7-25(27)15-29(44)22-43-11-13-47-14-12-43;/h5-10,16-20,29H,11-15,21-23H2,1-4H3;1H/t29-;/m0./s1. The molecule has 2 amide bonds. The molecule has 3 aromatic heterocycles. The van der Waals surface area contributed by atoms with Gasteiger partial charge < -0.3 is 33.1 Å². The number of hydrogen-bond acceptors (Lipinski definition) is 7. The summed E-state index contributed by atoms with van der Waals surface area (Å²) in [6, 6.07) is 17.9. The summed E-state index contributed by atoms with van der Waals surface area (Å²) in [6.45, 7) is 6.38. The van der Waals surface area contributed by atoms with Crippen molar-refractivity contribution in [1.29, 1.82) is 0 Å². The van der Waals surface area contributed by atoms with E-state index in [9.17, 15) is 9.59 Å². The van der Waals surface area contributed by atoms with Crippen LogP contribution in [0.1, 0.15) is 37.5 Å². The average Bonchev–Trinajstić information content (AvgIpc) is 3.83. The molecule has 0 N–H and O–H groups in total. The van der Waals surface area contributed by atoms with Gasteiger partial charge in [0.05, 0.1) is 36.2 Å². The number of carbonyl (C=O) groups is 2. The lowest BCUT2D eigenvalue weighted by Crippen LogP contribution is -2.52. The molecule has 6 heterocycles. The minimum Gasteiger partial charge on any atom is -0.454 e. The van der Waals surface area contributed by atoms with E-state index < -0.39 is 0 Å². The molecule has 0 saturated carbocycles. The first-order chi connectivity index (χ1) is 23.8. The predicted octanol–water partition coefficient (Wildman–Crippen LogP) is 5.21. The zero-order chi connectivity index (χ0) is 33.8. The second-order valence-corrected chi connectivity index (χ2v) is 13.2. The quantitative estimate of drug-likeness (QED) is 0.241. The largest absolute Gasteiger partial charge is 0.454 e. The number of pyridine rings is 1. The highest BCUT2D eigenvalue weighted by atomic mass is 35.5. The normalized spacial score (nSPS) is 17.0. The Morgan fingerprint density at radius 3 is 2.48 bits per heavy atom. The van der Waals surface area contributed by atoms with E-state index in [0.29, 0.717) is 53.6 Å². The van der Waals surface area contributed by atoms with E-state index in [1.807, 2.05) is 77.6 Å². The molecular weight excluding hydrogens is 656 g/mol. The summed E-state index contributed by atoms with van der Waals surface area (Å²) >= 11 is 0. The number of benzene rings is 2. The molecule has 2 aromatic carbocycles. The number of anilines is 1. The molecule has 1 saturated heterocycles. The van der Waals surface area contributed by atoms with Gasteiger partial charge in [-0.1, -0.05) is 24.3 Å². The van der Waals surface area contributed by atoms with Crippen LogP contribution in [-0.4, -0.2) is 88.5 Å². The Hall–Kier alpha value is -4.84. The second kappa shape index (κ2) is 13.5. The van der Waals surface area contributed by atoms with E-state index in [4.69, 9.17) is 14.2 Å². The summed E-state index contributed by atoms with van der Waals surface area (Å²) in [5, 5.41) is 0.959. The zero-order valence-electron chi connectivity index (χ0n) is 28.7. The Kier molecular flexibility index (Phi) is 9.06. The van der Waals surface area contributed by atoms with Crippen LogP contribution in [0, 0.1) is 6.92 Å².